The highest BCUT2D eigenvalue weighted by Crippen LogP contribution is 2.30. The van der Waals surface area contributed by atoms with Crippen LogP contribution in [0.5, 0.6) is 5.75 Å². The number of nitrogens with zero attached hydrogens (tertiary/aromatic N) is 4. The summed E-state index contributed by atoms with van der Waals surface area (Å²) in [6.07, 6.45) is 1.77. The Morgan fingerprint density at radius 1 is 1.11 bits per heavy atom. The van der Waals surface area contributed by atoms with Gasteiger partial charge < -0.3 is 10.6 Å². The van der Waals surface area contributed by atoms with E-state index >= 15 is 0 Å². The molecule has 2 aromatic carbocycles. The fourth-order valence-electron chi connectivity index (χ4n) is 2.89. The molecule has 0 fully saturated rings. The lowest BCUT2D eigenvalue weighted by atomic mass is 10.1. The molecule has 6 nitrogen and oxygen atoms in total. The van der Waals surface area contributed by atoms with Gasteiger partial charge in [-0.3, -0.25) is 4.98 Å². The molecule has 0 aliphatic rings. The zero-order valence-electron chi connectivity index (χ0n) is 15.2. The lowest BCUT2D eigenvalue weighted by Crippen LogP contribution is -2.11. The van der Waals surface area contributed by atoms with Crippen molar-refractivity contribution in [3.05, 3.63) is 65.3 Å². The number of thioether (sulfide) groups is 1. The van der Waals surface area contributed by atoms with Gasteiger partial charge in [0, 0.05) is 27.9 Å². The van der Waals surface area contributed by atoms with Crippen LogP contribution in [-0.4, -0.2) is 26.5 Å². The van der Waals surface area contributed by atoms with Gasteiger partial charge in [0.05, 0.1) is 12.1 Å². The zero-order valence-corrected chi connectivity index (χ0v) is 16.7. The Balaban J connectivity index is 1.55. The quantitative estimate of drug-likeness (QED) is 0.370. The predicted octanol–water partition coefficient (Wildman–Crippen LogP) is 4.55. The summed E-state index contributed by atoms with van der Waals surface area (Å²) in [5, 5.41) is 10.7. The Labute approximate surface area is 171 Å². The minimum absolute atomic E-state index is 0.602. The minimum Gasteiger partial charge on any atom is -0.494 e. The first-order valence-corrected chi connectivity index (χ1v) is 10.1. The molecule has 0 amide bonds. The Kier molecular flexibility index (Phi) is 5.36. The number of aromatic nitrogens is 4. The van der Waals surface area contributed by atoms with Gasteiger partial charge in [-0.1, -0.05) is 29.4 Å². The number of hydrogen-bond acceptors (Lipinski definition) is 6. The third-order valence-corrected chi connectivity index (χ3v) is 5.57. The summed E-state index contributed by atoms with van der Waals surface area (Å²) in [5.41, 5.74) is 2.83. The maximum atomic E-state index is 6.27. The molecule has 2 N–H and O–H groups in total. The first-order valence-electron chi connectivity index (χ1n) is 8.76. The molecule has 0 aliphatic carbocycles. The van der Waals surface area contributed by atoms with E-state index in [9.17, 15) is 0 Å². The molecule has 0 saturated carbocycles. The van der Waals surface area contributed by atoms with Gasteiger partial charge in [-0.15, -0.1) is 10.2 Å². The SMILES string of the molecule is CCOc1ccc(-c2nnc(SCc3ccc(Cl)c4cccnc34)n2N)cc1. The van der Waals surface area contributed by atoms with Crippen molar-refractivity contribution in [3.63, 3.8) is 0 Å². The number of rotatable bonds is 6. The van der Waals surface area contributed by atoms with Crippen molar-refractivity contribution >= 4 is 34.3 Å². The number of fused-ring (bicyclic) bond motifs is 1. The second-order valence-corrected chi connectivity index (χ2v) is 7.38. The number of nitrogens with two attached hydrogens (primary N) is 1. The van der Waals surface area contributed by atoms with E-state index in [0.29, 0.717) is 28.4 Å². The van der Waals surface area contributed by atoms with Crippen LogP contribution < -0.4 is 10.6 Å². The van der Waals surface area contributed by atoms with Crippen LogP contribution in [-0.2, 0) is 5.75 Å². The number of benzene rings is 2. The molecule has 0 unspecified atom stereocenters. The molecule has 142 valence electrons. The van der Waals surface area contributed by atoms with E-state index in [1.54, 1.807) is 6.20 Å². The summed E-state index contributed by atoms with van der Waals surface area (Å²) in [4.78, 5) is 4.47. The molecule has 0 spiro atoms. The van der Waals surface area contributed by atoms with Gasteiger partial charge in [0.2, 0.25) is 5.16 Å². The molecule has 4 rings (SSSR count). The monoisotopic (exact) mass is 411 g/mol. The zero-order chi connectivity index (χ0) is 19.5. The third-order valence-electron chi connectivity index (χ3n) is 4.24. The largest absolute Gasteiger partial charge is 0.494 e. The van der Waals surface area contributed by atoms with Crippen LogP contribution in [0.15, 0.2) is 59.9 Å². The van der Waals surface area contributed by atoms with Crippen LogP contribution in [0, 0.1) is 0 Å². The molecule has 0 saturated heterocycles. The molecule has 2 heterocycles. The van der Waals surface area contributed by atoms with Crippen molar-refractivity contribution < 1.29 is 4.74 Å². The van der Waals surface area contributed by atoms with Crippen LogP contribution >= 0.6 is 23.4 Å². The lowest BCUT2D eigenvalue weighted by Gasteiger charge is -2.07. The van der Waals surface area contributed by atoms with Crippen molar-refractivity contribution in [2.75, 3.05) is 12.4 Å². The van der Waals surface area contributed by atoms with Crippen LogP contribution in [0.25, 0.3) is 22.3 Å². The van der Waals surface area contributed by atoms with Gasteiger partial charge in [-0.25, -0.2) is 4.68 Å². The lowest BCUT2D eigenvalue weighted by molar-refractivity contribution is 0.340. The molecule has 28 heavy (non-hydrogen) atoms. The normalized spacial score (nSPS) is 11.1. The number of ether oxygens (including phenoxy) is 1. The van der Waals surface area contributed by atoms with Crippen LogP contribution in [0.4, 0.5) is 0 Å². The number of halogens is 1. The summed E-state index contributed by atoms with van der Waals surface area (Å²) in [6.45, 7) is 2.58. The van der Waals surface area contributed by atoms with Gasteiger partial charge in [-0.05, 0) is 55.0 Å². The second kappa shape index (κ2) is 8.08. The smallest absolute Gasteiger partial charge is 0.210 e. The standard InChI is InChI=1S/C20H18ClN5OS/c1-2-27-15-8-5-13(6-9-15)19-24-25-20(26(19)22)28-12-14-7-10-17(21)16-4-3-11-23-18(14)16/h3-11H,2,12,22H2,1H3. The molecule has 0 radical (unpaired) electrons. The number of pyridine rings is 1. The van der Waals surface area contributed by atoms with Gasteiger partial charge in [0.25, 0.3) is 0 Å². The van der Waals surface area contributed by atoms with Gasteiger partial charge in [-0.2, -0.15) is 0 Å². The maximum Gasteiger partial charge on any atom is 0.210 e. The van der Waals surface area contributed by atoms with Crippen molar-refractivity contribution in [1.82, 2.24) is 19.9 Å². The third kappa shape index (κ3) is 3.63. The van der Waals surface area contributed by atoms with Crippen LogP contribution in [0.1, 0.15) is 12.5 Å². The number of nitrogen functional groups attached to an aromatic ring is 1. The van der Waals surface area contributed by atoms with Gasteiger partial charge in [0.15, 0.2) is 5.82 Å². The predicted molar refractivity (Wildman–Crippen MR) is 113 cm³/mol. The average Bonchev–Trinajstić information content (AvgIpc) is 3.09. The van der Waals surface area contributed by atoms with E-state index in [0.717, 1.165) is 27.8 Å². The minimum atomic E-state index is 0.602. The fourth-order valence-corrected chi connectivity index (χ4v) is 3.95. The Bertz CT molecular complexity index is 1110. The molecular weight excluding hydrogens is 394 g/mol. The first-order chi connectivity index (χ1) is 13.7. The summed E-state index contributed by atoms with van der Waals surface area (Å²) >= 11 is 7.78. The van der Waals surface area contributed by atoms with Crippen LogP contribution in [0.2, 0.25) is 5.02 Å². The van der Waals surface area contributed by atoms with E-state index in [2.05, 4.69) is 15.2 Å². The number of hydrogen-bond donors (Lipinski definition) is 1. The van der Waals surface area contributed by atoms with Crippen molar-refractivity contribution in [1.29, 1.82) is 0 Å². The summed E-state index contributed by atoms with van der Waals surface area (Å²) < 4.78 is 6.98. The van der Waals surface area contributed by atoms with Gasteiger partial charge in [0.1, 0.15) is 5.75 Å². The fraction of sp³-hybridized carbons (Fsp3) is 0.150. The van der Waals surface area contributed by atoms with Crippen molar-refractivity contribution in [2.24, 2.45) is 0 Å². The molecule has 8 heteroatoms. The van der Waals surface area contributed by atoms with E-state index < -0.39 is 0 Å². The Morgan fingerprint density at radius 2 is 1.93 bits per heavy atom. The van der Waals surface area contributed by atoms with E-state index in [4.69, 9.17) is 22.2 Å². The molecule has 4 aromatic rings. The van der Waals surface area contributed by atoms with Crippen LogP contribution in [0.3, 0.4) is 0 Å². The Morgan fingerprint density at radius 3 is 2.71 bits per heavy atom. The molecule has 0 atom stereocenters. The average molecular weight is 412 g/mol. The van der Waals surface area contributed by atoms with E-state index in [-0.39, 0.29) is 0 Å². The summed E-state index contributed by atoms with van der Waals surface area (Å²) in [5.74, 6) is 8.30. The highest BCUT2D eigenvalue weighted by Gasteiger charge is 2.14. The highest BCUT2D eigenvalue weighted by molar-refractivity contribution is 7.98. The molecular formula is C20H18ClN5OS. The van der Waals surface area contributed by atoms with Gasteiger partial charge >= 0.3 is 0 Å². The topological polar surface area (TPSA) is 78.9 Å². The van der Waals surface area contributed by atoms with Crippen molar-refractivity contribution in [2.45, 2.75) is 17.8 Å². The molecule has 0 bridgehead atoms. The van der Waals surface area contributed by atoms with E-state index in [1.807, 2.05) is 55.5 Å². The summed E-state index contributed by atoms with van der Waals surface area (Å²) in [7, 11) is 0. The second-order valence-electron chi connectivity index (χ2n) is 6.03. The Hall–Kier alpha value is -2.77. The maximum absolute atomic E-state index is 6.27. The molecule has 2 aromatic heterocycles. The highest BCUT2D eigenvalue weighted by atomic mass is 35.5. The van der Waals surface area contributed by atoms with Crippen molar-refractivity contribution in [3.8, 4) is 17.1 Å². The molecule has 0 aliphatic heterocycles. The first kappa shape index (κ1) is 18.6. The van der Waals surface area contributed by atoms with E-state index in [1.165, 1.54) is 16.4 Å². The summed E-state index contributed by atoms with van der Waals surface area (Å²) in [6, 6.07) is 15.3.